The Morgan fingerprint density at radius 3 is 2.43 bits per heavy atom. The van der Waals surface area contributed by atoms with Gasteiger partial charge in [0.15, 0.2) is 0 Å². The number of hydrogen-bond donors (Lipinski definition) is 2. The summed E-state index contributed by atoms with van der Waals surface area (Å²) in [4.78, 5) is 10.9. The van der Waals surface area contributed by atoms with Crippen LogP contribution in [0.3, 0.4) is 0 Å². The average Bonchev–Trinajstić information content (AvgIpc) is 2.47. The highest BCUT2D eigenvalue weighted by Gasteiger charge is 2.08. The van der Waals surface area contributed by atoms with Gasteiger partial charge in [0.05, 0.1) is 0 Å². The molecule has 3 heteroatoms. The third-order valence-electron chi connectivity index (χ3n) is 3.54. The SMILES string of the molecule is CCCCCCCCC/C=C/c1ccc(O)c(C(=O)O)c1. The van der Waals surface area contributed by atoms with Crippen molar-refractivity contribution in [2.24, 2.45) is 0 Å². The summed E-state index contributed by atoms with van der Waals surface area (Å²) < 4.78 is 0. The summed E-state index contributed by atoms with van der Waals surface area (Å²) in [6, 6.07) is 4.65. The molecular weight excluding hydrogens is 264 g/mol. The highest BCUT2D eigenvalue weighted by atomic mass is 16.4. The Labute approximate surface area is 127 Å². The van der Waals surface area contributed by atoms with Crippen molar-refractivity contribution in [2.75, 3.05) is 0 Å². The predicted octanol–water partition coefficient (Wildman–Crippen LogP) is 5.24. The van der Waals surface area contributed by atoms with Crippen LogP contribution in [0.2, 0.25) is 0 Å². The number of carbonyl (C=O) groups is 1. The van der Waals surface area contributed by atoms with E-state index in [1.54, 1.807) is 6.07 Å². The van der Waals surface area contributed by atoms with E-state index in [2.05, 4.69) is 13.0 Å². The van der Waals surface area contributed by atoms with Crippen molar-refractivity contribution in [1.82, 2.24) is 0 Å². The van der Waals surface area contributed by atoms with Gasteiger partial charge in [-0.1, -0.05) is 63.7 Å². The normalized spacial score (nSPS) is 11.1. The van der Waals surface area contributed by atoms with Gasteiger partial charge in [-0.15, -0.1) is 0 Å². The Morgan fingerprint density at radius 2 is 1.76 bits per heavy atom. The smallest absolute Gasteiger partial charge is 0.339 e. The monoisotopic (exact) mass is 290 g/mol. The molecule has 0 unspecified atom stereocenters. The van der Waals surface area contributed by atoms with Gasteiger partial charge in [0.2, 0.25) is 0 Å². The van der Waals surface area contributed by atoms with Crippen molar-refractivity contribution in [3.05, 3.63) is 35.4 Å². The summed E-state index contributed by atoms with van der Waals surface area (Å²) in [6.45, 7) is 2.23. The van der Waals surface area contributed by atoms with E-state index in [9.17, 15) is 9.90 Å². The van der Waals surface area contributed by atoms with Crippen LogP contribution in [0.1, 0.15) is 74.2 Å². The third kappa shape index (κ3) is 6.98. The standard InChI is InChI=1S/C18H26O3/c1-2-3-4-5-6-7-8-9-10-11-15-12-13-17(19)16(14-15)18(20)21/h10-14,19H,2-9H2,1H3,(H,20,21)/b11-10+. The maximum Gasteiger partial charge on any atom is 0.339 e. The van der Waals surface area contributed by atoms with Crippen LogP contribution >= 0.6 is 0 Å². The maximum atomic E-state index is 10.9. The largest absolute Gasteiger partial charge is 0.507 e. The number of carboxylic acids is 1. The highest BCUT2D eigenvalue weighted by molar-refractivity contribution is 5.91. The first-order valence-electron chi connectivity index (χ1n) is 7.88. The van der Waals surface area contributed by atoms with E-state index >= 15 is 0 Å². The van der Waals surface area contributed by atoms with Crippen LogP contribution in [-0.4, -0.2) is 16.2 Å². The number of hydrogen-bond acceptors (Lipinski definition) is 2. The van der Waals surface area contributed by atoms with Crippen molar-refractivity contribution in [1.29, 1.82) is 0 Å². The molecule has 0 saturated carbocycles. The summed E-state index contributed by atoms with van der Waals surface area (Å²) >= 11 is 0. The molecule has 0 spiro atoms. The quantitative estimate of drug-likeness (QED) is 0.579. The van der Waals surface area contributed by atoms with Crippen LogP contribution in [0.15, 0.2) is 24.3 Å². The maximum absolute atomic E-state index is 10.9. The van der Waals surface area contributed by atoms with Crippen LogP contribution < -0.4 is 0 Å². The number of benzene rings is 1. The number of rotatable bonds is 10. The molecule has 0 aliphatic heterocycles. The molecule has 0 atom stereocenters. The molecule has 0 bridgehead atoms. The molecule has 0 aromatic heterocycles. The Bertz CT molecular complexity index is 464. The summed E-state index contributed by atoms with van der Waals surface area (Å²) in [7, 11) is 0. The Morgan fingerprint density at radius 1 is 1.10 bits per heavy atom. The molecule has 2 N–H and O–H groups in total. The second-order valence-corrected chi connectivity index (χ2v) is 5.39. The van der Waals surface area contributed by atoms with Crippen LogP contribution in [0.4, 0.5) is 0 Å². The Hall–Kier alpha value is -1.77. The van der Waals surface area contributed by atoms with E-state index < -0.39 is 5.97 Å². The van der Waals surface area contributed by atoms with E-state index in [0.29, 0.717) is 0 Å². The van der Waals surface area contributed by atoms with Gasteiger partial charge in [0.25, 0.3) is 0 Å². The number of carboxylic acid groups (broad SMARTS) is 1. The minimum absolute atomic E-state index is 0.0481. The summed E-state index contributed by atoms with van der Waals surface area (Å²) in [5.41, 5.74) is 0.765. The molecule has 0 saturated heterocycles. The zero-order valence-electron chi connectivity index (χ0n) is 12.8. The Balaban J connectivity index is 2.27. The fourth-order valence-electron chi connectivity index (χ4n) is 2.27. The molecule has 0 radical (unpaired) electrons. The van der Waals surface area contributed by atoms with Crippen LogP contribution in [-0.2, 0) is 0 Å². The number of aromatic carboxylic acids is 1. The first kappa shape index (κ1) is 17.3. The topological polar surface area (TPSA) is 57.5 Å². The van der Waals surface area contributed by atoms with Crippen molar-refractivity contribution < 1.29 is 15.0 Å². The van der Waals surface area contributed by atoms with Crippen molar-refractivity contribution in [2.45, 2.75) is 58.3 Å². The zero-order valence-corrected chi connectivity index (χ0v) is 12.8. The molecule has 0 fully saturated rings. The van der Waals surface area contributed by atoms with Crippen molar-refractivity contribution >= 4 is 12.0 Å². The average molecular weight is 290 g/mol. The molecule has 1 rings (SSSR count). The van der Waals surface area contributed by atoms with Crippen molar-refractivity contribution in [3.63, 3.8) is 0 Å². The fraction of sp³-hybridized carbons (Fsp3) is 0.500. The van der Waals surface area contributed by atoms with Crippen LogP contribution in [0.5, 0.6) is 5.75 Å². The third-order valence-corrected chi connectivity index (χ3v) is 3.54. The number of unbranched alkanes of at least 4 members (excludes halogenated alkanes) is 7. The molecule has 0 aliphatic carbocycles. The zero-order chi connectivity index (χ0) is 15.5. The first-order valence-corrected chi connectivity index (χ1v) is 7.88. The van der Waals surface area contributed by atoms with E-state index in [1.165, 1.54) is 57.1 Å². The molecule has 21 heavy (non-hydrogen) atoms. The lowest BCUT2D eigenvalue weighted by Crippen LogP contribution is -1.96. The second-order valence-electron chi connectivity index (χ2n) is 5.39. The van der Waals surface area contributed by atoms with E-state index in [4.69, 9.17) is 5.11 Å². The lowest BCUT2D eigenvalue weighted by atomic mass is 10.1. The lowest BCUT2D eigenvalue weighted by Gasteiger charge is -2.01. The Kier molecular flexibility index (Phi) is 8.25. The predicted molar refractivity (Wildman–Crippen MR) is 86.7 cm³/mol. The lowest BCUT2D eigenvalue weighted by molar-refractivity contribution is 0.0693. The number of allylic oxidation sites excluding steroid dienone is 1. The van der Waals surface area contributed by atoms with Gasteiger partial charge in [-0.25, -0.2) is 4.79 Å². The molecule has 1 aromatic carbocycles. The van der Waals surface area contributed by atoms with Gasteiger partial charge in [0, 0.05) is 0 Å². The minimum atomic E-state index is -1.10. The van der Waals surface area contributed by atoms with Crippen LogP contribution in [0, 0.1) is 0 Å². The molecule has 3 nitrogen and oxygen atoms in total. The van der Waals surface area contributed by atoms with Gasteiger partial charge in [-0.2, -0.15) is 0 Å². The second kappa shape index (κ2) is 10.0. The fourth-order valence-corrected chi connectivity index (χ4v) is 2.27. The summed E-state index contributed by atoms with van der Waals surface area (Å²) in [5, 5.41) is 18.4. The van der Waals surface area contributed by atoms with Gasteiger partial charge >= 0.3 is 5.97 Å². The first-order chi connectivity index (χ1) is 10.1. The van der Waals surface area contributed by atoms with E-state index in [-0.39, 0.29) is 11.3 Å². The summed E-state index contributed by atoms with van der Waals surface area (Å²) in [5.74, 6) is -1.29. The number of aromatic hydroxyl groups is 1. The van der Waals surface area contributed by atoms with Gasteiger partial charge in [0.1, 0.15) is 11.3 Å². The van der Waals surface area contributed by atoms with Gasteiger partial charge in [-0.05, 0) is 30.5 Å². The van der Waals surface area contributed by atoms with E-state index in [1.807, 2.05) is 6.08 Å². The molecule has 1 aromatic rings. The minimum Gasteiger partial charge on any atom is -0.507 e. The van der Waals surface area contributed by atoms with Crippen LogP contribution in [0.25, 0.3) is 6.08 Å². The molecule has 0 amide bonds. The summed E-state index contributed by atoms with van der Waals surface area (Å²) in [6.07, 6.45) is 14.0. The molecule has 116 valence electrons. The van der Waals surface area contributed by atoms with Gasteiger partial charge < -0.3 is 10.2 Å². The molecule has 0 aliphatic rings. The molecular formula is C18H26O3. The molecule has 0 heterocycles. The van der Waals surface area contributed by atoms with E-state index in [0.717, 1.165) is 12.0 Å². The number of phenols is 1. The highest BCUT2D eigenvalue weighted by Crippen LogP contribution is 2.19. The van der Waals surface area contributed by atoms with Crippen molar-refractivity contribution in [3.8, 4) is 5.75 Å². The van der Waals surface area contributed by atoms with Gasteiger partial charge in [-0.3, -0.25) is 0 Å².